The molecule has 0 saturated heterocycles. The van der Waals surface area contributed by atoms with Crippen LogP contribution in [0.15, 0.2) is 29.4 Å². The highest BCUT2D eigenvalue weighted by atomic mass is 32.2. The number of nitrogens with zero attached hydrogens (tertiary/aromatic N) is 3. The first-order chi connectivity index (χ1) is 12.6. The number of hydrogen-bond acceptors (Lipinski definition) is 5. The number of carbonyl (C=O) groups excluding carboxylic acids is 1. The third kappa shape index (κ3) is 4.20. The van der Waals surface area contributed by atoms with Gasteiger partial charge >= 0.3 is 0 Å². The highest BCUT2D eigenvalue weighted by Gasteiger charge is 2.28. The molecule has 0 bridgehead atoms. The third-order valence-electron chi connectivity index (χ3n) is 4.99. The van der Waals surface area contributed by atoms with Gasteiger partial charge in [0.1, 0.15) is 5.75 Å². The molecule has 6 nitrogen and oxygen atoms in total. The first kappa shape index (κ1) is 18.8. The Balaban J connectivity index is 1.94. The van der Waals surface area contributed by atoms with E-state index in [9.17, 15) is 4.79 Å². The van der Waals surface area contributed by atoms with Crippen molar-refractivity contribution in [1.82, 2.24) is 14.8 Å². The molecule has 0 radical (unpaired) electrons. The molecule has 1 saturated carbocycles. The number of primary amides is 1. The van der Waals surface area contributed by atoms with Gasteiger partial charge in [0, 0.05) is 23.8 Å². The van der Waals surface area contributed by atoms with E-state index in [4.69, 9.17) is 10.5 Å². The van der Waals surface area contributed by atoms with Crippen LogP contribution in [0.25, 0.3) is 11.4 Å². The zero-order valence-corrected chi connectivity index (χ0v) is 16.2. The number of methoxy groups -OCH3 is 1. The fraction of sp³-hybridized carbons (Fsp3) is 0.526. The maximum atomic E-state index is 11.1. The first-order valence-corrected chi connectivity index (χ1v) is 10.1. The number of ether oxygens (including phenoxy) is 1. The molecule has 26 heavy (non-hydrogen) atoms. The standard InChI is InChI=1S/C19H26N4O2S/c1-13-5-3-4-6-16(13)23-18(14-7-9-15(25-2)10-8-14)21-22-19(23)26-12-11-17(20)24/h7-10,13,16H,3-6,11-12H2,1-2H3,(H2,20,24)/t13-,16+/m0/s1. The summed E-state index contributed by atoms with van der Waals surface area (Å²) in [5.41, 5.74) is 6.30. The fourth-order valence-electron chi connectivity index (χ4n) is 3.53. The molecule has 2 aromatic rings. The molecule has 0 aliphatic heterocycles. The van der Waals surface area contributed by atoms with Gasteiger partial charge in [0.2, 0.25) is 5.91 Å². The summed E-state index contributed by atoms with van der Waals surface area (Å²) in [6, 6.07) is 8.30. The molecule has 3 rings (SSSR count). The third-order valence-corrected chi connectivity index (χ3v) is 5.94. The summed E-state index contributed by atoms with van der Waals surface area (Å²) in [5, 5.41) is 9.79. The largest absolute Gasteiger partial charge is 0.497 e. The topological polar surface area (TPSA) is 83.0 Å². The molecule has 1 fully saturated rings. The number of aromatic nitrogens is 3. The molecule has 0 spiro atoms. The Morgan fingerprint density at radius 2 is 2.00 bits per heavy atom. The molecule has 1 heterocycles. The van der Waals surface area contributed by atoms with E-state index >= 15 is 0 Å². The number of carbonyl (C=O) groups is 1. The summed E-state index contributed by atoms with van der Waals surface area (Å²) < 4.78 is 7.53. The lowest BCUT2D eigenvalue weighted by Crippen LogP contribution is -2.22. The number of hydrogen-bond donors (Lipinski definition) is 1. The minimum absolute atomic E-state index is 0.287. The van der Waals surface area contributed by atoms with Crippen LogP contribution in [-0.4, -0.2) is 33.5 Å². The average Bonchev–Trinajstić information content (AvgIpc) is 3.05. The van der Waals surface area contributed by atoms with Crippen molar-refractivity contribution in [3.63, 3.8) is 0 Å². The highest BCUT2D eigenvalue weighted by Crippen LogP contribution is 2.39. The lowest BCUT2D eigenvalue weighted by molar-refractivity contribution is -0.117. The van der Waals surface area contributed by atoms with Crippen LogP contribution in [0.2, 0.25) is 0 Å². The second-order valence-electron chi connectivity index (χ2n) is 6.80. The fourth-order valence-corrected chi connectivity index (χ4v) is 4.48. The Morgan fingerprint density at radius 3 is 2.65 bits per heavy atom. The van der Waals surface area contributed by atoms with Crippen molar-refractivity contribution in [2.45, 2.75) is 50.2 Å². The van der Waals surface area contributed by atoms with Crippen LogP contribution in [0.4, 0.5) is 0 Å². The van der Waals surface area contributed by atoms with Gasteiger partial charge in [-0.05, 0) is 43.0 Å². The summed E-state index contributed by atoms with van der Waals surface area (Å²) in [7, 11) is 1.66. The normalized spacial score (nSPS) is 20.1. The van der Waals surface area contributed by atoms with E-state index < -0.39 is 0 Å². The van der Waals surface area contributed by atoms with Crippen LogP contribution < -0.4 is 10.5 Å². The molecule has 2 N–H and O–H groups in total. The molecule has 140 valence electrons. The summed E-state index contributed by atoms with van der Waals surface area (Å²) in [6.45, 7) is 2.31. The van der Waals surface area contributed by atoms with E-state index in [1.54, 1.807) is 18.9 Å². The summed E-state index contributed by atoms with van der Waals surface area (Å²) >= 11 is 1.56. The molecule has 2 atom stereocenters. The molecular formula is C19H26N4O2S. The Hall–Kier alpha value is -2.02. The number of amides is 1. The average molecular weight is 375 g/mol. The van der Waals surface area contributed by atoms with Crippen LogP contribution in [0.1, 0.15) is 45.1 Å². The van der Waals surface area contributed by atoms with Gasteiger partial charge in [-0.15, -0.1) is 10.2 Å². The van der Waals surface area contributed by atoms with Gasteiger partial charge in [0.05, 0.1) is 7.11 Å². The smallest absolute Gasteiger partial charge is 0.218 e. The quantitative estimate of drug-likeness (QED) is 0.748. The van der Waals surface area contributed by atoms with Crippen molar-refractivity contribution in [3.8, 4) is 17.1 Å². The van der Waals surface area contributed by atoms with Crippen molar-refractivity contribution >= 4 is 17.7 Å². The van der Waals surface area contributed by atoms with E-state index in [0.717, 1.165) is 28.7 Å². The first-order valence-electron chi connectivity index (χ1n) is 9.10. The zero-order chi connectivity index (χ0) is 18.5. The molecule has 7 heteroatoms. The SMILES string of the molecule is COc1ccc(-c2nnc(SCCC(N)=O)n2[C@@H]2CCCC[C@@H]2C)cc1. The van der Waals surface area contributed by atoms with Crippen molar-refractivity contribution in [3.05, 3.63) is 24.3 Å². The second-order valence-corrected chi connectivity index (χ2v) is 7.86. The molecule has 1 aromatic carbocycles. The number of rotatable bonds is 7. The summed E-state index contributed by atoms with van der Waals surface area (Å²) in [6.07, 6.45) is 5.19. The van der Waals surface area contributed by atoms with Crippen LogP contribution >= 0.6 is 11.8 Å². The molecule has 1 aliphatic carbocycles. The van der Waals surface area contributed by atoms with E-state index in [0.29, 0.717) is 24.1 Å². The summed E-state index contributed by atoms with van der Waals surface area (Å²) in [5.74, 6) is 2.61. The minimum Gasteiger partial charge on any atom is -0.497 e. The number of nitrogens with two attached hydrogens (primary N) is 1. The monoisotopic (exact) mass is 374 g/mol. The summed E-state index contributed by atoms with van der Waals surface area (Å²) in [4.78, 5) is 11.1. The maximum absolute atomic E-state index is 11.1. The lowest BCUT2D eigenvalue weighted by atomic mass is 9.85. The van der Waals surface area contributed by atoms with Gasteiger partial charge in [-0.3, -0.25) is 9.36 Å². The predicted molar refractivity (Wildman–Crippen MR) is 103 cm³/mol. The Bertz CT molecular complexity index is 744. The van der Waals surface area contributed by atoms with Crippen LogP contribution in [0, 0.1) is 5.92 Å². The number of benzene rings is 1. The molecule has 1 aromatic heterocycles. The van der Waals surface area contributed by atoms with Crippen molar-refractivity contribution < 1.29 is 9.53 Å². The van der Waals surface area contributed by atoms with Gasteiger partial charge in [-0.25, -0.2) is 0 Å². The molecular weight excluding hydrogens is 348 g/mol. The number of thioether (sulfide) groups is 1. The van der Waals surface area contributed by atoms with Crippen LogP contribution in [0.5, 0.6) is 5.75 Å². The van der Waals surface area contributed by atoms with Gasteiger partial charge in [0.15, 0.2) is 11.0 Å². The van der Waals surface area contributed by atoms with Gasteiger partial charge < -0.3 is 10.5 Å². The van der Waals surface area contributed by atoms with E-state index in [1.165, 1.54) is 19.3 Å². The van der Waals surface area contributed by atoms with Crippen molar-refractivity contribution in [2.24, 2.45) is 11.7 Å². The predicted octanol–water partition coefficient (Wildman–Crippen LogP) is 3.67. The van der Waals surface area contributed by atoms with Crippen LogP contribution in [0.3, 0.4) is 0 Å². The molecule has 0 unspecified atom stereocenters. The van der Waals surface area contributed by atoms with Crippen LogP contribution in [-0.2, 0) is 4.79 Å². The van der Waals surface area contributed by atoms with E-state index in [1.807, 2.05) is 24.3 Å². The van der Waals surface area contributed by atoms with Gasteiger partial charge in [-0.1, -0.05) is 31.5 Å². The Kier molecular flexibility index (Phi) is 6.19. The second kappa shape index (κ2) is 8.58. The van der Waals surface area contributed by atoms with Gasteiger partial charge in [0.25, 0.3) is 0 Å². The lowest BCUT2D eigenvalue weighted by Gasteiger charge is -2.31. The van der Waals surface area contributed by atoms with E-state index in [-0.39, 0.29) is 5.91 Å². The van der Waals surface area contributed by atoms with E-state index in [2.05, 4.69) is 21.7 Å². The highest BCUT2D eigenvalue weighted by molar-refractivity contribution is 7.99. The van der Waals surface area contributed by atoms with Gasteiger partial charge in [-0.2, -0.15) is 0 Å². The van der Waals surface area contributed by atoms with Crippen molar-refractivity contribution in [1.29, 1.82) is 0 Å². The van der Waals surface area contributed by atoms with Crippen molar-refractivity contribution in [2.75, 3.05) is 12.9 Å². The molecule has 1 aliphatic rings. The molecule has 1 amide bonds. The Morgan fingerprint density at radius 1 is 1.27 bits per heavy atom. The Labute approximate surface area is 158 Å². The minimum atomic E-state index is -0.287. The zero-order valence-electron chi connectivity index (χ0n) is 15.4. The maximum Gasteiger partial charge on any atom is 0.218 e.